The summed E-state index contributed by atoms with van der Waals surface area (Å²) < 4.78 is 11.0. The number of nitrogens with one attached hydrogen (secondary N) is 1. The quantitative estimate of drug-likeness (QED) is 0.378. The number of aromatic nitrogens is 2. The van der Waals surface area contributed by atoms with Crippen molar-refractivity contribution in [3.8, 4) is 23.2 Å². The van der Waals surface area contributed by atoms with Crippen LogP contribution in [0.5, 0.6) is 5.75 Å². The Kier molecular flexibility index (Phi) is 6.98. The number of amides is 1. The second-order valence-electron chi connectivity index (χ2n) is 7.20. The number of aryl methyl sites for hydroxylation is 1. The largest absolute Gasteiger partial charge is 0.489 e. The molecule has 1 amide bonds. The highest BCUT2D eigenvalue weighted by Crippen LogP contribution is 2.21. The van der Waals surface area contributed by atoms with Crippen molar-refractivity contribution in [2.24, 2.45) is 0 Å². The van der Waals surface area contributed by atoms with Crippen molar-refractivity contribution in [1.82, 2.24) is 10.1 Å². The van der Waals surface area contributed by atoms with Gasteiger partial charge in [0.1, 0.15) is 12.4 Å². The second kappa shape index (κ2) is 10.4. The van der Waals surface area contributed by atoms with Gasteiger partial charge >= 0.3 is 0 Å². The molecule has 1 N–H and O–H groups in total. The van der Waals surface area contributed by atoms with E-state index in [0.717, 1.165) is 11.1 Å². The Balaban J connectivity index is 1.29. The number of carbonyl (C=O) groups is 1. The smallest absolute Gasteiger partial charge is 0.227 e. The molecule has 33 heavy (non-hydrogen) atoms. The van der Waals surface area contributed by atoms with Crippen LogP contribution >= 0.6 is 11.6 Å². The maximum atomic E-state index is 12.4. The van der Waals surface area contributed by atoms with E-state index >= 15 is 0 Å². The lowest BCUT2D eigenvalue weighted by molar-refractivity contribution is -0.116. The van der Waals surface area contributed by atoms with Crippen LogP contribution in [0.25, 0.3) is 11.4 Å². The predicted octanol–water partition coefficient (Wildman–Crippen LogP) is 5.41. The molecule has 1 heterocycles. The number of anilines is 1. The molecule has 8 heteroatoms. The minimum Gasteiger partial charge on any atom is -0.489 e. The van der Waals surface area contributed by atoms with E-state index < -0.39 is 0 Å². The third kappa shape index (κ3) is 6.19. The van der Waals surface area contributed by atoms with Crippen molar-refractivity contribution in [1.29, 1.82) is 5.26 Å². The topological polar surface area (TPSA) is 101 Å². The maximum absolute atomic E-state index is 12.4. The van der Waals surface area contributed by atoms with Crippen LogP contribution in [0, 0.1) is 11.3 Å². The van der Waals surface area contributed by atoms with Gasteiger partial charge in [-0.15, -0.1) is 0 Å². The summed E-state index contributed by atoms with van der Waals surface area (Å²) in [7, 11) is 0. The molecule has 0 spiro atoms. The summed E-state index contributed by atoms with van der Waals surface area (Å²) in [5.74, 6) is 1.26. The minimum absolute atomic E-state index is 0.180. The Bertz CT molecular complexity index is 1300. The highest BCUT2D eigenvalue weighted by Gasteiger charge is 2.11. The number of nitrogens with zero attached hydrogens (tertiary/aromatic N) is 3. The minimum atomic E-state index is -0.180. The molecule has 164 valence electrons. The Morgan fingerprint density at radius 3 is 2.73 bits per heavy atom. The zero-order valence-corrected chi connectivity index (χ0v) is 18.2. The second-order valence-corrected chi connectivity index (χ2v) is 7.63. The van der Waals surface area contributed by atoms with Gasteiger partial charge in [-0.3, -0.25) is 4.79 Å². The lowest BCUT2D eigenvalue weighted by Gasteiger charge is -2.09. The van der Waals surface area contributed by atoms with Crippen LogP contribution in [-0.4, -0.2) is 16.0 Å². The lowest BCUT2D eigenvalue weighted by atomic mass is 10.1. The van der Waals surface area contributed by atoms with Crippen molar-refractivity contribution in [3.63, 3.8) is 0 Å². The Hall–Kier alpha value is -4.15. The van der Waals surface area contributed by atoms with Gasteiger partial charge in [0, 0.05) is 35.2 Å². The van der Waals surface area contributed by atoms with E-state index in [0.29, 0.717) is 46.8 Å². The fourth-order valence-electron chi connectivity index (χ4n) is 3.08. The molecule has 0 aliphatic heterocycles. The highest BCUT2D eigenvalue weighted by atomic mass is 35.5. The molecule has 0 aliphatic carbocycles. The van der Waals surface area contributed by atoms with Crippen LogP contribution in [0.2, 0.25) is 5.02 Å². The molecule has 4 aromatic rings. The fraction of sp³-hybridized carbons (Fsp3) is 0.120. The Morgan fingerprint density at radius 2 is 1.91 bits per heavy atom. The molecule has 7 nitrogen and oxygen atoms in total. The van der Waals surface area contributed by atoms with Crippen molar-refractivity contribution in [2.75, 3.05) is 5.32 Å². The molecular formula is C25H19ClN4O3. The molecule has 0 unspecified atom stereocenters. The van der Waals surface area contributed by atoms with Crippen LogP contribution in [-0.2, 0) is 17.8 Å². The van der Waals surface area contributed by atoms with Crippen LogP contribution in [0.4, 0.5) is 5.69 Å². The number of rotatable bonds is 8. The zero-order valence-electron chi connectivity index (χ0n) is 17.5. The highest BCUT2D eigenvalue weighted by molar-refractivity contribution is 6.30. The fourth-order valence-corrected chi connectivity index (χ4v) is 3.20. The summed E-state index contributed by atoms with van der Waals surface area (Å²) in [5.41, 5.74) is 2.88. The molecule has 0 fully saturated rings. The number of benzene rings is 3. The Morgan fingerprint density at radius 1 is 1.09 bits per heavy atom. The number of carbonyl (C=O) groups excluding carboxylic acids is 1. The summed E-state index contributed by atoms with van der Waals surface area (Å²) in [6.45, 7) is 0.319. The van der Waals surface area contributed by atoms with E-state index in [-0.39, 0.29) is 12.3 Å². The summed E-state index contributed by atoms with van der Waals surface area (Å²) in [5, 5.41) is 16.4. The molecular weight excluding hydrogens is 440 g/mol. The summed E-state index contributed by atoms with van der Waals surface area (Å²) in [6, 6.07) is 23.6. The molecule has 3 aromatic carbocycles. The van der Waals surface area contributed by atoms with Gasteiger partial charge in [-0.05, 0) is 54.1 Å². The lowest BCUT2D eigenvalue weighted by Crippen LogP contribution is -2.12. The van der Waals surface area contributed by atoms with Gasteiger partial charge in [0.25, 0.3) is 0 Å². The van der Waals surface area contributed by atoms with Crippen LogP contribution in [0.3, 0.4) is 0 Å². The number of nitriles is 1. The van der Waals surface area contributed by atoms with Gasteiger partial charge < -0.3 is 14.6 Å². The summed E-state index contributed by atoms with van der Waals surface area (Å²) in [4.78, 5) is 16.7. The van der Waals surface area contributed by atoms with Crippen molar-refractivity contribution < 1.29 is 14.1 Å². The monoisotopic (exact) mass is 458 g/mol. The van der Waals surface area contributed by atoms with Crippen molar-refractivity contribution in [3.05, 3.63) is 94.8 Å². The van der Waals surface area contributed by atoms with E-state index in [4.69, 9.17) is 26.1 Å². The molecule has 0 radical (unpaired) electrons. The van der Waals surface area contributed by atoms with Crippen molar-refractivity contribution in [2.45, 2.75) is 19.4 Å². The van der Waals surface area contributed by atoms with Crippen molar-refractivity contribution >= 4 is 23.2 Å². The average Bonchev–Trinajstić information content (AvgIpc) is 3.31. The van der Waals surface area contributed by atoms with E-state index in [9.17, 15) is 4.79 Å². The van der Waals surface area contributed by atoms with Crippen LogP contribution < -0.4 is 10.1 Å². The van der Waals surface area contributed by atoms with Gasteiger partial charge in [-0.25, -0.2) is 0 Å². The standard InChI is InChI=1S/C25H19ClN4O3/c26-20-9-7-19(8-10-20)25-29-24(33-30-25)12-11-23(31)28-21-5-2-6-22(14-21)32-16-18-4-1-3-17(13-18)15-27/h1-10,13-14H,11-12,16H2,(H,28,31). The van der Waals surface area contributed by atoms with Crippen LogP contribution in [0.15, 0.2) is 77.3 Å². The SMILES string of the molecule is N#Cc1cccc(COc2cccc(NC(=O)CCc3nc(-c4ccc(Cl)cc4)no3)c2)c1. The number of halogens is 1. The van der Waals surface area contributed by atoms with Gasteiger partial charge in [0.05, 0.1) is 11.6 Å². The first-order valence-electron chi connectivity index (χ1n) is 10.2. The maximum Gasteiger partial charge on any atom is 0.227 e. The van der Waals surface area contributed by atoms with E-state index in [1.54, 1.807) is 60.7 Å². The summed E-state index contributed by atoms with van der Waals surface area (Å²) >= 11 is 5.89. The van der Waals surface area contributed by atoms with Gasteiger partial charge in [-0.1, -0.05) is 35.0 Å². The number of hydrogen-bond donors (Lipinski definition) is 1. The van der Waals surface area contributed by atoms with Gasteiger partial charge in [0.15, 0.2) is 0 Å². The van der Waals surface area contributed by atoms with Gasteiger partial charge in [-0.2, -0.15) is 10.2 Å². The van der Waals surface area contributed by atoms with Crippen LogP contribution in [0.1, 0.15) is 23.4 Å². The molecule has 0 atom stereocenters. The Labute approximate surface area is 195 Å². The number of hydrogen-bond acceptors (Lipinski definition) is 6. The third-order valence-electron chi connectivity index (χ3n) is 4.72. The first-order valence-corrected chi connectivity index (χ1v) is 10.6. The molecule has 0 bridgehead atoms. The zero-order chi connectivity index (χ0) is 23.0. The first-order chi connectivity index (χ1) is 16.1. The third-order valence-corrected chi connectivity index (χ3v) is 4.97. The number of ether oxygens (including phenoxy) is 1. The summed E-state index contributed by atoms with van der Waals surface area (Å²) in [6.07, 6.45) is 0.506. The first kappa shape index (κ1) is 22.1. The van der Waals surface area contributed by atoms with E-state index in [1.165, 1.54) is 0 Å². The molecule has 0 aliphatic rings. The van der Waals surface area contributed by atoms with E-state index in [2.05, 4.69) is 21.5 Å². The van der Waals surface area contributed by atoms with E-state index in [1.807, 2.05) is 12.1 Å². The average molecular weight is 459 g/mol. The van der Waals surface area contributed by atoms with Gasteiger partial charge in [0.2, 0.25) is 17.6 Å². The molecule has 4 rings (SSSR count). The molecule has 0 saturated carbocycles. The predicted molar refractivity (Wildman–Crippen MR) is 124 cm³/mol. The molecule has 0 saturated heterocycles. The normalized spacial score (nSPS) is 10.4. The molecule has 1 aromatic heterocycles.